The van der Waals surface area contributed by atoms with Crippen molar-refractivity contribution in [1.29, 1.82) is 0 Å². The number of amides is 2. The first-order valence-electron chi connectivity index (χ1n) is 18.9. The molecule has 0 bridgehead atoms. The van der Waals surface area contributed by atoms with Crippen molar-refractivity contribution in [2.45, 2.75) is 73.0 Å². The van der Waals surface area contributed by atoms with Gasteiger partial charge in [0.1, 0.15) is 0 Å². The maximum atomic E-state index is 11.4. The van der Waals surface area contributed by atoms with Gasteiger partial charge in [-0.1, -0.05) is 0 Å². The summed E-state index contributed by atoms with van der Waals surface area (Å²) >= 11 is 12.1. The molecule has 0 aliphatic carbocycles. The van der Waals surface area contributed by atoms with Crippen LogP contribution in [0.5, 0.6) is 0 Å². The topological polar surface area (TPSA) is 322 Å². The van der Waals surface area contributed by atoms with Gasteiger partial charge in [0.2, 0.25) is 5.88 Å². The fourth-order valence-corrected chi connectivity index (χ4v) is 5.92. The number of aromatic nitrogens is 6. The highest BCUT2D eigenvalue weighted by Gasteiger charge is 2.23. The van der Waals surface area contributed by atoms with Crippen molar-refractivity contribution >= 4 is 93.6 Å². The van der Waals surface area contributed by atoms with Gasteiger partial charge in [0.15, 0.2) is 0 Å². The second kappa shape index (κ2) is 29.9. The second-order valence-electron chi connectivity index (χ2n) is 12.1. The Kier molecular flexibility index (Phi) is 26.5. The summed E-state index contributed by atoms with van der Waals surface area (Å²) in [7, 11) is 0. The molecule has 1 aliphatic heterocycles. The molecule has 0 radical (unpaired) electrons. The number of H-pyrrole nitrogens is 3. The van der Waals surface area contributed by atoms with Gasteiger partial charge in [0, 0.05) is 44.8 Å². The van der Waals surface area contributed by atoms with Crippen LogP contribution in [0.1, 0.15) is 53.4 Å². The van der Waals surface area contributed by atoms with Crippen LogP contribution in [0.3, 0.4) is 0 Å². The number of hydrogen-bond acceptors (Lipinski definition) is 16. The van der Waals surface area contributed by atoms with Crippen LogP contribution in [0.2, 0.25) is 0 Å². The molecule has 354 valence electrons. The number of carbonyl (C=O) groups is 5. The van der Waals surface area contributed by atoms with E-state index in [0.29, 0.717) is 30.9 Å². The average molecular weight is 1170 g/mol. The molecule has 0 saturated heterocycles. The SMILES string of the molecule is CCOC(=O)CCN1CC(Br)=C(O)NC1=O.CCOC(=O)CCn1cc(Br)c(=O)[nH]c1=O.CCOC(=O)CCn1cc(Br)c(=O)[nH]c1=O.CCOC(=O)CCn1cc(Br)c(=O)[nH]c1=O. The summed E-state index contributed by atoms with van der Waals surface area (Å²) in [5.74, 6) is -1.66. The third kappa shape index (κ3) is 21.3. The molecular weight excluding hydrogens is 1120 g/mol. The number of halogens is 4. The molecule has 64 heavy (non-hydrogen) atoms. The quantitative estimate of drug-likeness (QED) is 0.101. The number of ether oxygens (including phenoxy) is 4. The van der Waals surface area contributed by atoms with Crippen molar-refractivity contribution in [1.82, 2.24) is 38.9 Å². The van der Waals surface area contributed by atoms with E-state index in [1.165, 1.54) is 37.2 Å². The molecule has 3 aromatic rings. The Morgan fingerprint density at radius 3 is 1.09 bits per heavy atom. The van der Waals surface area contributed by atoms with E-state index in [4.69, 9.17) is 18.9 Å². The zero-order valence-electron chi connectivity index (χ0n) is 34.8. The van der Waals surface area contributed by atoms with E-state index in [9.17, 15) is 57.8 Å². The molecule has 0 aromatic carbocycles. The lowest BCUT2D eigenvalue weighted by Gasteiger charge is -2.26. The molecule has 0 spiro atoms. The molecule has 0 saturated carbocycles. The number of nitrogens with one attached hydrogen (secondary N) is 4. The van der Waals surface area contributed by atoms with E-state index in [1.54, 1.807) is 27.7 Å². The first kappa shape index (κ1) is 56.7. The van der Waals surface area contributed by atoms with Gasteiger partial charge in [0.25, 0.3) is 16.7 Å². The predicted octanol–water partition coefficient (Wildman–Crippen LogP) is 1.84. The van der Waals surface area contributed by atoms with Crippen LogP contribution in [0, 0.1) is 0 Å². The number of aliphatic hydroxyl groups is 1. The smallest absolute Gasteiger partial charge is 0.328 e. The number of carbonyl (C=O) groups excluding carboxylic acids is 5. The summed E-state index contributed by atoms with van der Waals surface area (Å²) in [6.45, 7) is 9.13. The van der Waals surface area contributed by atoms with Crippen molar-refractivity contribution < 1.29 is 48.0 Å². The zero-order valence-corrected chi connectivity index (χ0v) is 41.1. The Morgan fingerprint density at radius 1 is 0.531 bits per heavy atom. The predicted molar refractivity (Wildman–Crippen MR) is 241 cm³/mol. The van der Waals surface area contributed by atoms with Crippen LogP contribution in [-0.4, -0.2) is 108 Å². The third-order valence-corrected chi connectivity index (χ3v) is 9.80. The Labute approximate surface area is 395 Å². The minimum atomic E-state index is -0.544. The molecule has 0 fully saturated rings. The summed E-state index contributed by atoms with van der Waals surface area (Å²) < 4.78 is 23.8. The highest BCUT2D eigenvalue weighted by molar-refractivity contribution is 9.11. The fourth-order valence-electron chi connectivity index (χ4n) is 4.48. The van der Waals surface area contributed by atoms with E-state index in [2.05, 4.69) is 84.0 Å². The van der Waals surface area contributed by atoms with Gasteiger partial charge < -0.3 is 29.0 Å². The van der Waals surface area contributed by atoms with Crippen molar-refractivity contribution in [2.75, 3.05) is 39.5 Å². The van der Waals surface area contributed by atoms with Crippen LogP contribution < -0.4 is 39.1 Å². The molecule has 4 rings (SSSR count). The van der Waals surface area contributed by atoms with E-state index in [-0.39, 0.29) is 102 Å². The van der Waals surface area contributed by atoms with E-state index in [1.807, 2.05) is 0 Å². The normalized spacial score (nSPS) is 11.6. The van der Waals surface area contributed by atoms with Gasteiger partial charge in [-0.2, -0.15) is 0 Å². The Balaban J connectivity index is 0.000000427. The minimum absolute atomic E-state index is 0.0895. The largest absolute Gasteiger partial charge is 0.494 e. The number of aliphatic hydroxyl groups excluding tert-OH is 1. The first-order valence-corrected chi connectivity index (χ1v) is 22.1. The summed E-state index contributed by atoms with van der Waals surface area (Å²) in [6.07, 6.45) is 4.45. The molecule has 0 unspecified atom stereocenters. The lowest BCUT2D eigenvalue weighted by atomic mass is 10.3. The van der Waals surface area contributed by atoms with Crippen LogP contribution in [0.15, 0.2) is 71.1 Å². The minimum Gasteiger partial charge on any atom is -0.494 e. The summed E-state index contributed by atoms with van der Waals surface area (Å²) in [5.41, 5.74) is -3.10. The number of nitrogens with zero attached hydrogens (tertiary/aromatic N) is 4. The van der Waals surface area contributed by atoms with Gasteiger partial charge in [-0.3, -0.25) is 67.5 Å². The summed E-state index contributed by atoms with van der Waals surface area (Å²) in [4.78, 5) is 130. The third-order valence-electron chi connectivity index (χ3n) is 7.48. The highest BCUT2D eigenvalue weighted by atomic mass is 79.9. The van der Waals surface area contributed by atoms with Gasteiger partial charge in [-0.05, 0) is 91.4 Å². The van der Waals surface area contributed by atoms with Crippen molar-refractivity contribution in [3.05, 3.63) is 105 Å². The molecule has 0 atom stereocenters. The van der Waals surface area contributed by atoms with Gasteiger partial charge in [-0.15, -0.1) is 0 Å². The van der Waals surface area contributed by atoms with Gasteiger partial charge in [0.05, 0.1) is 76.6 Å². The number of urea groups is 1. The maximum absolute atomic E-state index is 11.4. The van der Waals surface area contributed by atoms with E-state index < -0.39 is 39.8 Å². The molecular formula is C36H46Br4N8O16. The lowest BCUT2D eigenvalue weighted by Crippen LogP contribution is -2.45. The van der Waals surface area contributed by atoms with Gasteiger partial charge in [-0.25, -0.2) is 19.2 Å². The van der Waals surface area contributed by atoms with E-state index in [0.717, 1.165) is 0 Å². The monoisotopic (exact) mass is 1160 g/mol. The number of hydrogen-bond donors (Lipinski definition) is 5. The Hall–Kier alpha value is -5.35. The second-order valence-corrected chi connectivity index (χ2v) is 15.6. The zero-order chi connectivity index (χ0) is 48.5. The van der Waals surface area contributed by atoms with Crippen molar-refractivity contribution in [3.8, 4) is 0 Å². The van der Waals surface area contributed by atoms with Gasteiger partial charge >= 0.3 is 47.0 Å². The molecule has 5 N–H and O–H groups in total. The molecule has 24 nitrogen and oxygen atoms in total. The fraction of sp³-hybridized carbons (Fsp3) is 0.472. The van der Waals surface area contributed by atoms with Crippen LogP contribution >= 0.6 is 63.7 Å². The molecule has 3 aromatic heterocycles. The van der Waals surface area contributed by atoms with Crippen molar-refractivity contribution in [2.24, 2.45) is 0 Å². The molecule has 28 heteroatoms. The molecule has 4 heterocycles. The Bertz CT molecular complexity index is 2260. The summed E-state index contributed by atoms with van der Waals surface area (Å²) in [6, 6.07) is -0.426. The maximum Gasteiger partial charge on any atom is 0.328 e. The van der Waals surface area contributed by atoms with Crippen LogP contribution in [-0.2, 0) is 57.8 Å². The number of aromatic amines is 3. The van der Waals surface area contributed by atoms with Crippen molar-refractivity contribution in [3.63, 3.8) is 0 Å². The first-order chi connectivity index (χ1) is 30.2. The van der Waals surface area contributed by atoms with Crippen LogP contribution in [0.25, 0.3) is 0 Å². The highest BCUT2D eigenvalue weighted by Crippen LogP contribution is 2.16. The molecule has 1 aliphatic rings. The standard InChI is InChI=1S/C9H13BrN2O4.3C9H11BrN2O4/c4*1-2-16-7(13)3-4-12-5-6(10)8(14)11-9(12)15/h14H,2-5H2,1H3,(H,11,15);3*5H,2-4H2,1H3,(H,11,14,15). The van der Waals surface area contributed by atoms with E-state index >= 15 is 0 Å². The summed E-state index contributed by atoms with van der Waals surface area (Å²) in [5, 5.41) is 11.5. The number of esters is 4. The average Bonchev–Trinajstić information content (AvgIpc) is 3.22. The Morgan fingerprint density at radius 2 is 0.812 bits per heavy atom. The number of rotatable bonds is 16. The number of aryl methyl sites for hydroxylation is 3. The van der Waals surface area contributed by atoms with Crippen LogP contribution in [0.4, 0.5) is 4.79 Å². The lowest BCUT2D eigenvalue weighted by molar-refractivity contribution is -0.144. The molecule has 2 amide bonds.